The van der Waals surface area contributed by atoms with Crippen molar-refractivity contribution in [3.8, 4) is 11.5 Å². The van der Waals surface area contributed by atoms with E-state index < -0.39 is 0 Å². The predicted molar refractivity (Wildman–Crippen MR) is 117 cm³/mol. The largest absolute Gasteiger partial charge is 0.497 e. The number of hydrogen-bond donors (Lipinski definition) is 2. The van der Waals surface area contributed by atoms with E-state index in [-0.39, 0.29) is 12.1 Å². The minimum absolute atomic E-state index is 0.0902. The number of benzene rings is 2. The van der Waals surface area contributed by atoms with Gasteiger partial charge in [-0.3, -0.25) is 4.90 Å². The van der Waals surface area contributed by atoms with Gasteiger partial charge in [0.2, 0.25) is 0 Å². The van der Waals surface area contributed by atoms with Gasteiger partial charge in [-0.15, -0.1) is 0 Å². The summed E-state index contributed by atoms with van der Waals surface area (Å²) < 4.78 is 10.5. The van der Waals surface area contributed by atoms with Crippen LogP contribution >= 0.6 is 0 Å². The molecule has 0 unspecified atom stereocenters. The fourth-order valence-corrected chi connectivity index (χ4v) is 3.34. The van der Waals surface area contributed by atoms with E-state index in [2.05, 4.69) is 35.4 Å². The Morgan fingerprint density at radius 2 is 1.66 bits per heavy atom. The van der Waals surface area contributed by atoms with Gasteiger partial charge in [0.15, 0.2) is 0 Å². The lowest BCUT2D eigenvalue weighted by Crippen LogP contribution is -2.42. The Labute approximate surface area is 174 Å². The van der Waals surface area contributed by atoms with Crippen LogP contribution in [0, 0.1) is 0 Å². The molecule has 29 heavy (non-hydrogen) atoms. The zero-order valence-electron chi connectivity index (χ0n) is 17.9. The summed E-state index contributed by atoms with van der Waals surface area (Å²) in [6.45, 7) is 7.17. The van der Waals surface area contributed by atoms with Crippen molar-refractivity contribution in [2.75, 3.05) is 40.4 Å². The van der Waals surface area contributed by atoms with Crippen molar-refractivity contribution in [1.29, 1.82) is 0 Å². The van der Waals surface area contributed by atoms with Gasteiger partial charge in [0.25, 0.3) is 0 Å². The molecule has 0 saturated heterocycles. The molecule has 2 amide bonds. The lowest BCUT2D eigenvalue weighted by Gasteiger charge is -2.30. The van der Waals surface area contributed by atoms with Crippen molar-refractivity contribution >= 4 is 6.03 Å². The molecule has 2 rings (SSSR count). The van der Waals surface area contributed by atoms with Crippen LogP contribution in [0.4, 0.5) is 4.79 Å². The van der Waals surface area contributed by atoms with Crippen molar-refractivity contribution in [3.63, 3.8) is 0 Å². The van der Waals surface area contributed by atoms with Crippen LogP contribution in [0.1, 0.15) is 31.0 Å². The summed E-state index contributed by atoms with van der Waals surface area (Å²) >= 11 is 0. The first kappa shape index (κ1) is 22.6. The van der Waals surface area contributed by atoms with E-state index in [4.69, 9.17) is 9.47 Å². The van der Waals surface area contributed by atoms with E-state index in [0.717, 1.165) is 42.1 Å². The second kappa shape index (κ2) is 12.0. The molecule has 2 N–H and O–H groups in total. The van der Waals surface area contributed by atoms with Crippen molar-refractivity contribution in [3.05, 3.63) is 59.7 Å². The quantitative estimate of drug-likeness (QED) is 0.606. The molecule has 0 fully saturated rings. The number of likely N-dealkylation sites (N-methyl/N-ethyl adjacent to an activating group) is 1. The average Bonchev–Trinajstić information content (AvgIpc) is 2.77. The molecular formula is C23H33N3O3. The van der Waals surface area contributed by atoms with Gasteiger partial charge >= 0.3 is 6.03 Å². The lowest BCUT2D eigenvalue weighted by molar-refractivity contribution is 0.206. The number of methoxy groups -OCH3 is 2. The molecule has 1 atom stereocenters. The van der Waals surface area contributed by atoms with Gasteiger partial charge in [-0.05, 0) is 54.9 Å². The Bertz CT molecular complexity index is 745. The van der Waals surface area contributed by atoms with Gasteiger partial charge in [-0.25, -0.2) is 4.79 Å². The maximum Gasteiger partial charge on any atom is 0.314 e. The Kier molecular flexibility index (Phi) is 9.31. The fraction of sp³-hybridized carbons (Fsp3) is 0.435. The molecule has 6 heteroatoms. The topological polar surface area (TPSA) is 62.8 Å². The van der Waals surface area contributed by atoms with Crippen LogP contribution in [-0.2, 0) is 6.42 Å². The number of nitrogens with zero attached hydrogens (tertiary/aromatic N) is 1. The number of carbonyl (C=O) groups is 1. The third-order valence-electron chi connectivity index (χ3n) is 5.05. The van der Waals surface area contributed by atoms with Crippen LogP contribution in [0.2, 0.25) is 0 Å². The standard InChI is InChI=1S/C23H33N3O3/c1-5-26(6-2)22(19-8-7-9-21(16-19)29-4)17-25-23(27)24-15-14-18-10-12-20(28-3)13-11-18/h7-13,16,22H,5-6,14-15,17H2,1-4H3,(H2,24,25,27)/t22-/m1/s1. The van der Waals surface area contributed by atoms with E-state index in [1.165, 1.54) is 0 Å². The number of urea groups is 1. The molecule has 0 bridgehead atoms. The van der Waals surface area contributed by atoms with Crippen LogP contribution < -0.4 is 20.1 Å². The molecule has 0 aliphatic carbocycles. The minimum Gasteiger partial charge on any atom is -0.497 e. The summed E-state index contributed by atoms with van der Waals surface area (Å²) in [7, 11) is 3.32. The van der Waals surface area contributed by atoms with Crippen LogP contribution in [0.15, 0.2) is 48.5 Å². The third-order valence-corrected chi connectivity index (χ3v) is 5.05. The maximum atomic E-state index is 12.3. The third kappa shape index (κ3) is 6.98. The molecule has 0 spiro atoms. The monoisotopic (exact) mass is 399 g/mol. The lowest BCUT2D eigenvalue weighted by atomic mass is 10.0. The summed E-state index contributed by atoms with van der Waals surface area (Å²) in [6.07, 6.45) is 0.771. The van der Waals surface area contributed by atoms with Crippen molar-refractivity contribution in [2.24, 2.45) is 0 Å². The number of rotatable bonds is 11. The molecule has 0 aliphatic rings. The van der Waals surface area contributed by atoms with E-state index >= 15 is 0 Å². The molecule has 158 valence electrons. The van der Waals surface area contributed by atoms with Crippen LogP contribution in [-0.4, -0.2) is 51.3 Å². The summed E-state index contributed by atoms with van der Waals surface area (Å²) in [4.78, 5) is 14.6. The Hall–Kier alpha value is -2.73. The average molecular weight is 400 g/mol. The number of amides is 2. The first-order chi connectivity index (χ1) is 14.1. The molecule has 6 nitrogen and oxygen atoms in total. The Morgan fingerprint density at radius 3 is 2.28 bits per heavy atom. The van der Waals surface area contributed by atoms with E-state index in [0.29, 0.717) is 13.1 Å². The molecule has 0 aromatic heterocycles. The van der Waals surface area contributed by atoms with Crippen LogP contribution in [0.5, 0.6) is 11.5 Å². The molecular weight excluding hydrogens is 366 g/mol. The maximum absolute atomic E-state index is 12.3. The first-order valence-electron chi connectivity index (χ1n) is 10.1. The number of carbonyl (C=O) groups excluding carboxylic acids is 1. The molecule has 2 aromatic carbocycles. The van der Waals surface area contributed by atoms with Crippen molar-refractivity contribution < 1.29 is 14.3 Å². The van der Waals surface area contributed by atoms with Gasteiger partial charge in [0.1, 0.15) is 11.5 Å². The first-order valence-corrected chi connectivity index (χ1v) is 10.1. The van der Waals surface area contributed by atoms with Crippen molar-refractivity contribution in [2.45, 2.75) is 26.3 Å². The highest BCUT2D eigenvalue weighted by Gasteiger charge is 2.19. The zero-order chi connectivity index (χ0) is 21.1. The zero-order valence-corrected chi connectivity index (χ0v) is 17.9. The summed E-state index contributed by atoms with van der Waals surface area (Å²) in [5, 5.41) is 5.96. The van der Waals surface area contributed by atoms with Gasteiger partial charge in [-0.2, -0.15) is 0 Å². The van der Waals surface area contributed by atoms with Crippen LogP contribution in [0.25, 0.3) is 0 Å². The van der Waals surface area contributed by atoms with Gasteiger partial charge in [0.05, 0.1) is 20.3 Å². The molecule has 0 aliphatic heterocycles. The van der Waals surface area contributed by atoms with E-state index in [1.807, 2.05) is 42.5 Å². The highest BCUT2D eigenvalue weighted by atomic mass is 16.5. The van der Waals surface area contributed by atoms with E-state index in [1.54, 1.807) is 14.2 Å². The highest BCUT2D eigenvalue weighted by molar-refractivity contribution is 5.73. The van der Waals surface area contributed by atoms with Gasteiger partial charge in [0, 0.05) is 13.1 Å². The minimum atomic E-state index is -0.154. The highest BCUT2D eigenvalue weighted by Crippen LogP contribution is 2.23. The van der Waals surface area contributed by atoms with E-state index in [9.17, 15) is 4.79 Å². The smallest absolute Gasteiger partial charge is 0.314 e. The van der Waals surface area contributed by atoms with Crippen molar-refractivity contribution in [1.82, 2.24) is 15.5 Å². The second-order valence-electron chi connectivity index (χ2n) is 6.75. The molecule has 0 heterocycles. The molecule has 0 radical (unpaired) electrons. The number of ether oxygens (including phenoxy) is 2. The summed E-state index contributed by atoms with van der Waals surface area (Å²) in [6, 6.07) is 15.8. The Morgan fingerprint density at radius 1 is 0.966 bits per heavy atom. The normalized spacial score (nSPS) is 11.8. The predicted octanol–water partition coefficient (Wildman–Crippen LogP) is 3.63. The molecule has 2 aromatic rings. The van der Waals surface area contributed by atoms with Gasteiger partial charge < -0.3 is 20.1 Å². The summed E-state index contributed by atoms with van der Waals surface area (Å²) in [5.74, 6) is 1.66. The SMILES string of the molecule is CCN(CC)[C@H](CNC(=O)NCCc1ccc(OC)cc1)c1cccc(OC)c1. The summed E-state index contributed by atoms with van der Waals surface area (Å²) in [5.41, 5.74) is 2.29. The fourth-order valence-electron chi connectivity index (χ4n) is 3.34. The Balaban J connectivity index is 1.89. The van der Waals surface area contributed by atoms with Gasteiger partial charge in [-0.1, -0.05) is 38.1 Å². The van der Waals surface area contributed by atoms with Crippen LogP contribution in [0.3, 0.4) is 0 Å². The number of hydrogen-bond acceptors (Lipinski definition) is 4. The molecule has 0 saturated carbocycles. The second-order valence-corrected chi connectivity index (χ2v) is 6.75. The number of nitrogens with one attached hydrogen (secondary N) is 2.